The zero-order valence-corrected chi connectivity index (χ0v) is 14.8. The number of hydrogen-bond acceptors (Lipinski definition) is 5. The van der Waals surface area contributed by atoms with Crippen LogP contribution in [0.1, 0.15) is 0 Å². The van der Waals surface area contributed by atoms with Crippen molar-refractivity contribution >= 4 is 44.8 Å². The Balaban J connectivity index is 1.50. The van der Waals surface area contributed by atoms with Crippen molar-refractivity contribution in [2.45, 2.75) is 0 Å². The summed E-state index contributed by atoms with van der Waals surface area (Å²) in [4.78, 5) is 21.2. The lowest BCUT2D eigenvalue weighted by Crippen LogP contribution is -2.19. The molecule has 2 aromatic carbocycles. The third-order valence-corrected chi connectivity index (χ3v) is 4.84. The molecule has 27 heavy (non-hydrogen) atoms. The molecule has 6 nitrogen and oxygen atoms in total. The van der Waals surface area contributed by atoms with E-state index >= 15 is 0 Å². The first-order chi connectivity index (χ1) is 13.1. The summed E-state index contributed by atoms with van der Waals surface area (Å²) in [6.45, 7) is 0. The molecule has 0 spiro atoms. The molecule has 0 aliphatic heterocycles. The van der Waals surface area contributed by atoms with Crippen LogP contribution in [0.15, 0.2) is 60.2 Å². The van der Waals surface area contributed by atoms with Crippen molar-refractivity contribution in [2.24, 2.45) is 0 Å². The predicted molar refractivity (Wildman–Crippen MR) is 106 cm³/mol. The summed E-state index contributed by atoms with van der Waals surface area (Å²) >= 11 is 1.50. The second-order valence-corrected chi connectivity index (χ2v) is 6.61. The minimum absolute atomic E-state index is 0.358. The van der Waals surface area contributed by atoms with E-state index in [4.69, 9.17) is 5.73 Å². The van der Waals surface area contributed by atoms with Crippen molar-refractivity contribution in [2.75, 3.05) is 16.4 Å². The minimum Gasteiger partial charge on any atom is -0.383 e. The number of carbonyl (C=O) groups excluding carboxylic acids is 1. The van der Waals surface area contributed by atoms with E-state index in [-0.39, 0.29) is 5.82 Å². The number of hydrogen-bond donors (Lipinski definition) is 3. The van der Waals surface area contributed by atoms with Gasteiger partial charge in [-0.1, -0.05) is 12.1 Å². The van der Waals surface area contributed by atoms with Crippen molar-refractivity contribution in [1.29, 1.82) is 0 Å². The molecule has 4 aromatic rings. The number of nitrogens with one attached hydrogen (secondary N) is 2. The van der Waals surface area contributed by atoms with Gasteiger partial charge in [0.1, 0.15) is 22.8 Å². The lowest BCUT2D eigenvalue weighted by molar-refractivity contribution is 0.262. The van der Waals surface area contributed by atoms with Crippen molar-refractivity contribution in [3.63, 3.8) is 0 Å². The van der Waals surface area contributed by atoms with Gasteiger partial charge in [-0.25, -0.2) is 19.2 Å². The second kappa shape index (κ2) is 7.00. The van der Waals surface area contributed by atoms with Crippen LogP contribution in [0.25, 0.3) is 21.3 Å². The number of anilines is 3. The highest BCUT2D eigenvalue weighted by molar-refractivity contribution is 7.17. The summed E-state index contributed by atoms with van der Waals surface area (Å²) in [5, 5.41) is 8.20. The molecule has 134 valence electrons. The average Bonchev–Trinajstić information content (AvgIpc) is 3.10. The van der Waals surface area contributed by atoms with Crippen molar-refractivity contribution in [3.05, 3.63) is 66.1 Å². The first kappa shape index (κ1) is 16.9. The predicted octanol–water partition coefficient (Wildman–Crippen LogP) is 4.72. The van der Waals surface area contributed by atoms with Crippen molar-refractivity contribution in [1.82, 2.24) is 9.97 Å². The van der Waals surface area contributed by atoms with Crippen LogP contribution in [-0.4, -0.2) is 16.0 Å². The van der Waals surface area contributed by atoms with Crippen LogP contribution in [0, 0.1) is 5.82 Å². The summed E-state index contributed by atoms with van der Waals surface area (Å²) < 4.78 is 12.9. The molecule has 0 aliphatic carbocycles. The monoisotopic (exact) mass is 379 g/mol. The van der Waals surface area contributed by atoms with Crippen LogP contribution in [0.5, 0.6) is 0 Å². The Bertz CT molecular complexity index is 1110. The summed E-state index contributed by atoms with van der Waals surface area (Å²) in [5.74, 6) is 0.0839. The van der Waals surface area contributed by atoms with Crippen LogP contribution >= 0.6 is 11.3 Å². The van der Waals surface area contributed by atoms with E-state index in [0.29, 0.717) is 17.2 Å². The van der Waals surface area contributed by atoms with Gasteiger partial charge in [0, 0.05) is 22.3 Å². The molecule has 4 N–H and O–H groups in total. The number of rotatable bonds is 3. The van der Waals surface area contributed by atoms with Gasteiger partial charge in [-0.3, -0.25) is 0 Å². The van der Waals surface area contributed by atoms with Gasteiger partial charge in [0.05, 0.1) is 5.39 Å². The van der Waals surface area contributed by atoms with Crippen LogP contribution in [-0.2, 0) is 0 Å². The number of nitrogen functional groups attached to an aromatic ring is 1. The molecular weight excluding hydrogens is 365 g/mol. The molecule has 0 fully saturated rings. The largest absolute Gasteiger partial charge is 0.383 e. The number of halogens is 1. The van der Waals surface area contributed by atoms with E-state index in [1.807, 2.05) is 17.5 Å². The first-order valence-electron chi connectivity index (χ1n) is 8.02. The summed E-state index contributed by atoms with van der Waals surface area (Å²) in [6, 6.07) is 12.5. The Hall–Kier alpha value is -3.52. The Morgan fingerprint density at radius 3 is 2.26 bits per heavy atom. The Morgan fingerprint density at radius 2 is 1.59 bits per heavy atom. The first-order valence-corrected chi connectivity index (χ1v) is 8.90. The van der Waals surface area contributed by atoms with Crippen LogP contribution in [0.2, 0.25) is 0 Å². The van der Waals surface area contributed by atoms with E-state index in [1.54, 1.807) is 12.1 Å². The fourth-order valence-electron chi connectivity index (χ4n) is 2.67. The topological polar surface area (TPSA) is 92.9 Å². The number of nitrogens with zero attached hydrogens (tertiary/aromatic N) is 2. The Morgan fingerprint density at radius 1 is 0.963 bits per heavy atom. The molecule has 0 aliphatic rings. The number of carbonyl (C=O) groups is 1. The lowest BCUT2D eigenvalue weighted by atomic mass is 10.1. The highest BCUT2D eigenvalue weighted by atomic mass is 32.1. The number of nitrogens with two attached hydrogens (primary N) is 1. The fourth-order valence-corrected chi connectivity index (χ4v) is 3.59. The standard InChI is InChI=1S/C19H14FN5OS/c20-12-3-7-14(8-4-12)25-19(26)24-13-5-1-11(2-6-13)15-9-27-18-16(15)17(21)22-10-23-18/h1-10H,(H2,21,22,23)(H2,24,25,26). The van der Waals surface area contributed by atoms with Gasteiger partial charge in [-0.15, -0.1) is 11.3 Å². The molecule has 4 rings (SSSR count). The maximum atomic E-state index is 12.9. The van der Waals surface area contributed by atoms with Crippen molar-refractivity contribution in [3.8, 4) is 11.1 Å². The molecule has 0 saturated heterocycles. The zero-order valence-electron chi connectivity index (χ0n) is 13.9. The molecule has 2 amide bonds. The van der Waals surface area contributed by atoms with Gasteiger partial charge >= 0.3 is 6.03 Å². The number of thiophene rings is 1. The number of urea groups is 1. The van der Waals surface area contributed by atoms with E-state index in [0.717, 1.165) is 21.3 Å². The third-order valence-electron chi connectivity index (χ3n) is 3.96. The quantitative estimate of drug-likeness (QED) is 0.480. The number of fused-ring (bicyclic) bond motifs is 1. The van der Waals surface area contributed by atoms with Gasteiger partial charge in [0.2, 0.25) is 0 Å². The second-order valence-electron chi connectivity index (χ2n) is 5.75. The van der Waals surface area contributed by atoms with Crippen LogP contribution in [0.4, 0.5) is 26.4 Å². The minimum atomic E-state index is -0.409. The third kappa shape index (κ3) is 3.56. The number of amides is 2. The average molecular weight is 379 g/mol. The normalized spacial score (nSPS) is 10.7. The van der Waals surface area contributed by atoms with E-state index in [2.05, 4.69) is 20.6 Å². The van der Waals surface area contributed by atoms with Gasteiger partial charge < -0.3 is 16.4 Å². The highest BCUT2D eigenvalue weighted by Crippen LogP contribution is 2.35. The summed E-state index contributed by atoms with van der Waals surface area (Å²) in [7, 11) is 0. The van der Waals surface area contributed by atoms with Crippen LogP contribution < -0.4 is 16.4 Å². The Kier molecular flexibility index (Phi) is 4.39. The molecule has 0 unspecified atom stereocenters. The molecule has 2 heterocycles. The highest BCUT2D eigenvalue weighted by Gasteiger charge is 2.11. The van der Waals surface area contributed by atoms with Gasteiger partial charge in [-0.05, 0) is 42.0 Å². The molecule has 2 aromatic heterocycles. The fraction of sp³-hybridized carbons (Fsp3) is 0. The number of benzene rings is 2. The molecular formula is C19H14FN5OS. The van der Waals surface area contributed by atoms with Crippen LogP contribution in [0.3, 0.4) is 0 Å². The van der Waals surface area contributed by atoms with Crippen molar-refractivity contribution < 1.29 is 9.18 Å². The summed E-state index contributed by atoms with van der Waals surface area (Å²) in [5.41, 5.74) is 9.02. The zero-order chi connectivity index (χ0) is 18.8. The summed E-state index contributed by atoms with van der Waals surface area (Å²) in [6.07, 6.45) is 1.45. The maximum Gasteiger partial charge on any atom is 0.323 e. The van der Waals surface area contributed by atoms with E-state index < -0.39 is 6.03 Å². The SMILES string of the molecule is Nc1ncnc2scc(-c3ccc(NC(=O)Nc4ccc(F)cc4)cc3)c12. The van der Waals surface area contributed by atoms with Gasteiger partial charge in [-0.2, -0.15) is 0 Å². The van der Waals surface area contributed by atoms with E-state index in [1.165, 1.54) is 41.9 Å². The Labute approximate surface area is 157 Å². The smallest absolute Gasteiger partial charge is 0.323 e. The molecule has 8 heteroatoms. The molecule has 0 bridgehead atoms. The maximum absolute atomic E-state index is 12.9. The molecule has 0 saturated carbocycles. The molecule has 0 atom stereocenters. The lowest BCUT2D eigenvalue weighted by Gasteiger charge is -2.08. The van der Waals surface area contributed by atoms with Gasteiger partial charge in [0.25, 0.3) is 0 Å². The van der Waals surface area contributed by atoms with Gasteiger partial charge in [0.15, 0.2) is 0 Å². The van der Waals surface area contributed by atoms with E-state index in [9.17, 15) is 9.18 Å². The molecule has 0 radical (unpaired) electrons. The number of aromatic nitrogens is 2.